The smallest absolute Gasteiger partial charge is 0.0680 e. The number of nitrogens with zero attached hydrogens (tertiary/aromatic N) is 1. The van der Waals surface area contributed by atoms with Crippen molar-refractivity contribution in [2.24, 2.45) is 0 Å². The van der Waals surface area contributed by atoms with Gasteiger partial charge in [0.25, 0.3) is 0 Å². The van der Waals surface area contributed by atoms with Crippen molar-refractivity contribution in [3.8, 4) is 0 Å². The Morgan fingerprint density at radius 1 is 1.26 bits per heavy atom. The Labute approximate surface area is 138 Å². The molecule has 122 valence electrons. The van der Waals surface area contributed by atoms with E-state index in [0.29, 0.717) is 6.04 Å². The van der Waals surface area contributed by atoms with Crippen LogP contribution in [0.25, 0.3) is 0 Å². The van der Waals surface area contributed by atoms with Crippen molar-refractivity contribution in [1.82, 2.24) is 21.1 Å². The predicted octanol–water partition coefficient (Wildman–Crippen LogP) is 2.65. The van der Waals surface area contributed by atoms with Crippen molar-refractivity contribution >= 4 is 0 Å². The van der Waals surface area contributed by atoms with Gasteiger partial charge in [-0.1, -0.05) is 43.5 Å². The second kappa shape index (κ2) is 7.38. The topological polar surface area (TPSA) is 39.3 Å². The molecule has 1 atom stereocenters. The fourth-order valence-corrected chi connectivity index (χ4v) is 3.26. The lowest BCUT2D eigenvalue weighted by Crippen LogP contribution is -2.35. The molecule has 1 fully saturated rings. The van der Waals surface area contributed by atoms with Crippen molar-refractivity contribution in [1.29, 1.82) is 0 Å². The number of rotatable bonds is 7. The van der Waals surface area contributed by atoms with Crippen LogP contribution in [0.5, 0.6) is 0 Å². The third-order valence-corrected chi connectivity index (χ3v) is 4.52. The number of likely N-dealkylation sites (tertiary alicyclic amines) is 1. The molecule has 4 nitrogen and oxygen atoms in total. The molecule has 0 saturated carbocycles. The lowest BCUT2D eigenvalue weighted by Gasteiger charge is -2.30. The number of hydrogen-bond acceptors (Lipinski definition) is 4. The Morgan fingerprint density at radius 2 is 2.09 bits per heavy atom. The first-order chi connectivity index (χ1) is 11.2. The molecule has 0 radical (unpaired) electrons. The molecule has 1 aromatic carbocycles. The number of benzene rings is 1. The van der Waals surface area contributed by atoms with Crippen molar-refractivity contribution in [3.05, 3.63) is 72.2 Å². The highest BCUT2D eigenvalue weighted by Crippen LogP contribution is 2.28. The first-order valence-corrected chi connectivity index (χ1v) is 8.33. The summed E-state index contributed by atoms with van der Waals surface area (Å²) in [4.78, 5) is 2.40. The lowest BCUT2D eigenvalue weighted by molar-refractivity contribution is 0.336. The van der Waals surface area contributed by atoms with E-state index in [1.54, 1.807) is 0 Å². The summed E-state index contributed by atoms with van der Waals surface area (Å²) < 4.78 is 0. The van der Waals surface area contributed by atoms with Crippen LogP contribution < -0.4 is 16.2 Å². The Hall–Kier alpha value is -2.20. The van der Waals surface area contributed by atoms with Gasteiger partial charge >= 0.3 is 0 Å². The van der Waals surface area contributed by atoms with Gasteiger partial charge in [-0.05, 0) is 24.5 Å². The molecule has 3 rings (SSSR count). The van der Waals surface area contributed by atoms with E-state index in [0.717, 1.165) is 43.9 Å². The largest absolute Gasteiger partial charge is 0.383 e. The first kappa shape index (κ1) is 15.7. The number of hydrogen-bond donors (Lipinski definition) is 3. The van der Waals surface area contributed by atoms with Gasteiger partial charge < -0.3 is 15.6 Å². The minimum absolute atomic E-state index is 0.348. The van der Waals surface area contributed by atoms with Crippen molar-refractivity contribution < 1.29 is 0 Å². The van der Waals surface area contributed by atoms with E-state index in [2.05, 4.69) is 64.6 Å². The molecule has 2 aliphatic heterocycles. The monoisotopic (exact) mass is 310 g/mol. The normalized spacial score (nSPS) is 20.1. The second-order valence-corrected chi connectivity index (χ2v) is 6.19. The van der Waals surface area contributed by atoms with E-state index in [-0.39, 0.29) is 0 Å². The van der Waals surface area contributed by atoms with Crippen LogP contribution in [0.2, 0.25) is 0 Å². The second-order valence-electron chi connectivity index (χ2n) is 6.19. The molecule has 0 bridgehead atoms. The van der Waals surface area contributed by atoms with E-state index in [1.807, 2.05) is 6.07 Å². The maximum atomic E-state index is 4.30. The summed E-state index contributed by atoms with van der Waals surface area (Å²) in [6.45, 7) is 11.4. The van der Waals surface area contributed by atoms with Crippen LogP contribution in [-0.4, -0.2) is 24.0 Å². The van der Waals surface area contributed by atoms with E-state index in [1.165, 1.54) is 17.7 Å². The Kier molecular flexibility index (Phi) is 5.03. The molecule has 0 spiro atoms. The zero-order valence-electron chi connectivity index (χ0n) is 13.6. The van der Waals surface area contributed by atoms with Crippen LogP contribution in [0.15, 0.2) is 66.7 Å². The van der Waals surface area contributed by atoms with Gasteiger partial charge in [0, 0.05) is 43.1 Å². The molecule has 2 aliphatic rings. The minimum Gasteiger partial charge on any atom is -0.383 e. The molecule has 0 amide bonds. The minimum atomic E-state index is 0.348. The molecule has 3 N–H and O–H groups in total. The van der Waals surface area contributed by atoms with Crippen molar-refractivity contribution in [3.63, 3.8) is 0 Å². The highest BCUT2D eigenvalue weighted by atomic mass is 15.4. The lowest BCUT2D eigenvalue weighted by atomic mass is 10.1. The molecule has 1 saturated heterocycles. The van der Waals surface area contributed by atoms with Crippen molar-refractivity contribution in [2.75, 3.05) is 13.1 Å². The van der Waals surface area contributed by atoms with Gasteiger partial charge in [-0.15, -0.1) is 0 Å². The fourth-order valence-electron chi connectivity index (χ4n) is 3.26. The molecular weight excluding hydrogens is 284 g/mol. The first-order valence-electron chi connectivity index (χ1n) is 8.33. The summed E-state index contributed by atoms with van der Waals surface area (Å²) in [6, 6.07) is 10.8. The quantitative estimate of drug-likeness (QED) is 0.724. The summed E-state index contributed by atoms with van der Waals surface area (Å²) in [5.41, 5.74) is 11.0. The Bertz CT molecular complexity index is 591. The van der Waals surface area contributed by atoms with Gasteiger partial charge in [-0.25, -0.2) is 5.43 Å². The van der Waals surface area contributed by atoms with Crippen LogP contribution in [-0.2, 0) is 6.54 Å². The molecular formula is C19H26N4. The van der Waals surface area contributed by atoms with Crippen LogP contribution in [0.1, 0.15) is 24.8 Å². The van der Waals surface area contributed by atoms with Gasteiger partial charge in [0.2, 0.25) is 0 Å². The Morgan fingerprint density at radius 3 is 2.83 bits per heavy atom. The third kappa shape index (κ3) is 3.96. The maximum absolute atomic E-state index is 4.30. The predicted molar refractivity (Wildman–Crippen MR) is 95.1 cm³/mol. The van der Waals surface area contributed by atoms with E-state index < -0.39 is 0 Å². The summed E-state index contributed by atoms with van der Waals surface area (Å²) in [7, 11) is 0. The summed E-state index contributed by atoms with van der Waals surface area (Å²) in [5.74, 6) is 0. The highest BCUT2D eigenvalue weighted by Gasteiger charge is 2.28. The molecule has 2 heterocycles. The van der Waals surface area contributed by atoms with E-state index in [9.17, 15) is 0 Å². The van der Waals surface area contributed by atoms with Gasteiger partial charge in [0.15, 0.2) is 0 Å². The van der Waals surface area contributed by atoms with Crippen molar-refractivity contribution in [2.45, 2.75) is 31.8 Å². The summed E-state index contributed by atoms with van der Waals surface area (Å²) in [6.07, 6.45) is 5.39. The SMILES string of the molecule is C=C(NCc1ccccc1)C1CCCN1C(=C)CC1=CCNN1. The Balaban J connectivity index is 1.55. The molecule has 1 aromatic rings. The molecule has 23 heavy (non-hydrogen) atoms. The maximum Gasteiger partial charge on any atom is 0.0680 e. The molecule has 0 aliphatic carbocycles. The van der Waals surface area contributed by atoms with Gasteiger partial charge in [-0.3, -0.25) is 0 Å². The third-order valence-electron chi connectivity index (χ3n) is 4.52. The molecule has 0 aromatic heterocycles. The van der Waals surface area contributed by atoms with Gasteiger partial charge in [0.1, 0.15) is 0 Å². The van der Waals surface area contributed by atoms with E-state index >= 15 is 0 Å². The fraction of sp³-hybridized carbons (Fsp3) is 0.368. The van der Waals surface area contributed by atoms with E-state index in [4.69, 9.17) is 0 Å². The average Bonchev–Trinajstić information content (AvgIpc) is 3.24. The summed E-state index contributed by atoms with van der Waals surface area (Å²) in [5, 5.41) is 3.50. The summed E-state index contributed by atoms with van der Waals surface area (Å²) >= 11 is 0. The standard InChI is InChI=1S/C19H26N4/c1-15(13-18-10-11-21-22-18)23-12-6-9-19(23)16(2)20-14-17-7-4-3-5-8-17/h3-5,7-8,10,19-22H,1-2,6,9,11-14H2. The van der Waals surface area contributed by atoms with Crippen LogP contribution in [0.4, 0.5) is 0 Å². The molecule has 1 unspecified atom stereocenters. The van der Waals surface area contributed by atoms with Gasteiger partial charge in [0.05, 0.1) is 6.04 Å². The molecule has 4 heteroatoms. The van der Waals surface area contributed by atoms with Crippen LogP contribution >= 0.6 is 0 Å². The highest BCUT2D eigenvalue weighted by molar-refractivity contribution is 5.20. The average molecular weight is 310 g/mol. The number of hydrazine groups is 1. The zero-order valence-corrected chi connectivity index (χ0v) is 13.6. The van der Waals surface area contributed by atoms with Gasteiger partial charge in [-0.2, -0.15) is 0 Å². The van der Waals surface area contributed by atoms with Crippen LogP contribution in [0, 0.1) is 0 Å². The number of nitrogens with one attached hydrogen (secondary N) is 3. The van der Waals surface area contributed by atoms with Crippen LogP contribution in [0.3, 0.4) is 0 Å². The zero-order chi connectivity index (χ0) is 16.1.